The van der Waals surface area contributed by atoms with E-state index in [1.807, 2.05) is 0 Å². The molecule has 0 bridgehead atoms. The molecule has 0 saturated heterocycles. The molecule has 1 fully saturated rings. The highest BCUT2D eigenvalue weighted by Crippen LogP contribution is 2.64. The van der Waals surface area contributed by atoms with Crippen LogP contribution in [0.5, 0.6) is 0 Å². The van der Waals surface area contributed by atoms with Gasteiger partial charge in [0.05, 0.1) is 0 Å². The van der Waals surface area contributed by atoms with Crippen molar-refractivity contribution < 1.29 is 0 Å². The number of rotatable bonds is 10. The van der Waals surface area contributed by atoms with Gasteiger partial charge in [-0.05, 0) is 93.8 Å². The first-order chi connectivity index (χ1) is 20.9. The molecule has 0 radical (unpaired) electrons. The van der Waals surface area contributed by atoms with Crippen molar-refractivity contribution in [3.63, 3.8) is 0 Å². The molecule has 0 amide bonds. The second kappa shape index (κ2) is 12.9. The van der Waals surface area contributed by atoms with Crippen LogP contribution in [0.2, 0.25) is 0 Å². The molecule has 1 saturated carbocycles. The number of fused-ring (bicyclic) bond motifs is 3. The first-order valence-electron chi connectivity index (χ1n) is 17.4. The molecule has 3 aliphatic rings. The van der Waals surface area contributed by atoms with Crippen molar-refractivity contribution in [2.75, 3.05) is 0 Å². The van der Waals surface area contributed by atoms with Crippen molar-refractivity contribution in [3.8, 4) is 0 Å². The normalized spacial score (nSPS) is 26.3. The monoisotopic (exact) mass is 586 g/mol. The Kier molecular flexibility index (Phi) is 9.51. The lowest BCUT2D eigenvalue weighted by Crippen LogP contribution is -2.47. The van der Waals surface area contributed by atoms with Gasteiger partial charge in [0.1, 0.15) is 0 Å². The van der Waals surface area contributed by atoms with E-state index in [9.17, 15) is 0 Å². The third-order valence-electron chi connectivity index (χ3n) is 11.4. The molecule has 0 aliphatic heterocycles. The van der Waals surface area contributed by atoms with Gasteiger partial charge < -0.3 is 0 Å². The quantitative estimate of drug-likeness (QED) is 0.243. The minimum absolute atomic E-state index is 0.121. The minimum atomic E-state index is -0.127. The Morgan fingerprint density at radius 1 is 0.636 bits per heavy atom. The smallest absolute Gasteiger partial charge is 0.0268 e. The lowest BCUT2D eigenvalue weighted by atomic mass is 9.52. The minimum Gasteiger partial charge on any atom is -0.103 e. The van der Waals surface area contributed by atoms with Crippen LogP contribution in [-0.2, 0) is 5.41 Å². The van der Waals surface area contributed by atoms with Gasteiger partial charge in [-0.2, -0.15) is 0 Å². The molecule has 44 heavy (non-hydrogen) atoms. The highest BCUT2D eigenvalue weighted by molar-refractivity contribution is 5.47. The Balaban J connectivity index is 1.77. The topological polar surface area (TPSA) is 0 Å². The van der Waals surface area contributed by atoms with Crippen LogP contribution in [0, 0.1) is 52.3 Å². The predicted octanol–water partition coefficient (Wildman–Crippen LogP) is 12.2. The van der Waals surface area contributed by atoms with Gasteiger partial charge >= 0.3 is 0 Å². The molecule has 0 N–H and O–H groups in total. The van der Waals surface area contributed by atoms with Crippen molar-refractivity contribution in [2.45, 2.75) is 86.5 Å². The molecular weight excluding hydrogens is 528 g/mol. The summed E-state index contributed by atoms with van der Waals surface area (Å²) in [5, 5.41) is 0. The standard InChI is InChI=1S/C44H58/c1-10-11-18-31(2)23-24-32(3)44(33-19-14-12-15-20-33,34-21-16-13-17-22-34)41-39-29-35(42(4,5)6)25-27-37(39)38-28-26-36(30-40(38)41)43(7,8)9/h10,12-17,19-22,25-32,37-41H,1,11,18,23-24H2,2-9H3. The molecule has 2 aromatic carbocycles. The van der Waals surface area contributed by atoms with Gasteiger partial charge in [0, 0.05) is 5.41 Å². The Hall–Kier alpha value is -2.86. The first kappa shape index (κ1) is 32.5. The third-order valence-corrected chi connectivity index (χ3v) is 11.4. The fraction of sp³-hybridized carbons (Fsp3) is 0.500. The predicted molar refractivity (Wildman–Crippen MR) is 191 cm³/mol. The second-order valence-electron chi connectivity index (χ2n) is 16.3. The average molecular weight is 587 g/mol. The Bertz CT molecular complexity index is 1290. The van der Waals surface area contributed by atoms with Gasteiger partial charge in [-0.25, -0.2) is 0 Å². The van der Waals surface area contributed by atoms with Crippen LogP contribution < -0.4 is 0 Å². The number of allylic oxidation sites excluding steroid dienone is 9. The summed E-state index contributed by atoms with van der Waals surface area (Å²) in [5.41, 5.74) is 6.08. The van der Waals surface area contributed by atoms with Gasteiger partial charge in [0.15, 0.2) is 0 Å². The zero-order valence-corrected chi connectivity index (χ0v) is 28.9. The van der Waals surface area contributed by atoms with E-state index in [0.717, 1.165) is 6.42 Å². The molecule has 5 rings (SSSR count). The summed E-state index contributed by atoms with van der Waals surface area (Å²) in [6.07, 6.45) is 22.5. The van der Waals surface area contributed by atoms with Crippen molar-refractivity contribution in [3.05, 3.63) is 132 Å². The van der Waals surface area contributed by atoms with Crippen molar-refractivity contribution in [1.29, 1.82) is 0 Å². The summed E-state index contributed by atoms with van der Waals surface area (Å²) < 4.78 is 0. The van der Waals surface area contributed by atoms with E-state index in [-0.39, 0.29) is 16.2 Å². The molecule has 6 atom stereocenters. The van der Waals surface area contributed by atoms with Gasteiger partial charge in [0.25, 0.3) is 0 Å². The molecule has 0 heteroatoms. The Morgan fingerprint density at radius 2 is 1.09 bits per heavy atom. The van der Waals surface area contributed by atoms with E-state index < -0.39 is 0 Å². The lowest BCUT2D eigenvalue weighted by molar-refractivity contribution is 0.152. The fourth-order valence-corrected chi connectivity index (χ4v) is 8.94. The summed E-state index contributed by atoms with van der Waals surface area (Å²) >= 11 is 0. The fourth-order valence-electron chi connectivity index (χ4n) is 8.94. The summed E-state index contributed by atoms with van der Waals surface area (Å²) in [6, 6.07) is 23.3. The van der Waals surface area contributed by atoms with Crippen LogP contribution in [0.3, 0.4) is 0 Å². The van der Waals surface area contributed by atoms with E-state index >= 15 is 0 Å². The zero-order chi connectivity index (χ0) is 31.7. The molecule has 234 valence electrons. The van der Waals surface area contributed by atoms with Crippen molar-refractivity contribution in [2.24, 2.45) is 52.3 Å². The van der Waals surface area contributed by atoms with Crippen LogP contribution in [0.25, 0.3) is 0 Å². The van der Waals surface area contributed by atoms with Crippen LogP contribution in [0.1, 0.15) is 92.2 Å². The molecule has 0 spiro atoms. The summed E-state index contributed by atoms with van der Waals surface area (Å²) in [4.78, 5) is 0. The van der Waals surface area contributed by atoms with E-state index in [1.54, 1.807) is 0 Å². The van der Waals surface area contributed by atoms with E-state index in [0.29, 0.717) is 41.4 Å². The maximum atomic E-state index is 4.00. The summed E-state index contributed by atoms with van der Waals surface area (Å²) in [5.74, 6) is 3.55. The average Bonchev–Trinajstić information content (AvgIpc) is 3.33. The number of hydrogen-bond donors (Lipinski definition) is 0. The summed E-state index contributed by atoms with van der Waals surface area (Å²) in [7, 11) is 0. The second-order valence-corrected chi connectivity index (χ2v) is 16.3. The van der Waals surface area contributed by atoms with Crippen LogP contribution in [0.15, 0.2) is 121 Å². The van der Waals surface area contributed by atoms with Gasteiger partial charge in [-0.3, -0.25) is 0 Å². The molecule has 2 aromatic rings. The maximum Gasteiger partial charge on any atom is 0.0268 e. The summed E-state index contributed by atoms with van der Waals surface area (Å²) in [6.45, 7) is 23.3. The number of hydrogen-bond acceptors (Lipinski definition) is 0. The van der Waals surface area contributed by atoms with E-state index in [2.05, 4.69) is 165 Å². The third kappa shape index (κ3) is 6.16. The molecule has 3 aliphatic carbocycles. The first-order valence-corrected chi connectivity index (χ1v) is 17.4. The molecule has 0 aromatic heterocycles. The Morgan fingerprint density at radius 3 is 1.50 bits per heavy atom. The zero-order valence-electron chi connectivity index (χ0n) is 28.9. The van der Waals surface area contributed by atoms with E-state index in [1.165, 1.54) is 41.5 Å². The lowest BCUT2D eigenvalue weighted by Gasteiger charge is -2.50. The Labute approximate surface area is 270 Å². The van der Waals surface area contributed by atoms with Gasteiger partial charge in [-0.15, -0.1) is 6.58 Å². The maximum absolute atomic E-state index is 4.00. The highest BCUT2D eigenvalue weighted by Gasteiger charge is 2.59. The van der Waals surface area contributed by atoms with Crippen LogP contribution >= 0.6 is 0 Å². The molecule has 0 heterocycles. The molecule has 0 nitrogen and oxygen atoms in total. The molecular formula is C44H58. The number of benzene rings is 2. The molecule has 6 unspecified atom stereocenters. The largest absolute Gasteiger partial charge is 0.103 e. The van der Waals surface area contributed by atoms with E-state index in [4.69, 9.17) is 0 Å². The van der Waals surface area contributed by atoms with Crippen molar-refractivity contribution >= 4 is 0 Å². The van der Waals surface area contributed by atoms with Crippen LogP contribution in [-0.4, -0.2) is 0 Å². The van der Waals surface area contributed by atoms with Gasteiger partial charge in [-0.1, -0.05) is 165 Å². The SMILES string of the molecule is C=CCCC(C)CCC(C)C(c1ccccc1)(c1ccccc1)C1C2C=C(C(C)(C)C)C=CC2C2C=CC(C(C)(C)C)=CC21. The highest BCUT2D eigenvalue weighted by atomic mass is 14.6. The van der Waals surface area contributed by atoms with Gasteiger partial charge in [0.2, 0.25) is 0 Å². The van der Waals surface area contributed by atoms with Crippen LogP contribution in [0.4, 0.5) is 0 Å². The van der Waals surface area contributed by atoms with Crippen molar-refractivity contribution in [1.82, 2.24) is 0 Å².